The van der Waals surface area contributed by atoms with Crippen molar-refractivity contribution < 1.29 is 19.1 Å². The van der Waals surface area contributed by atoms with Crippen molar-refractivity contribution in [3.05, 3.63) is 36.0 Å². The smallest absolute Gasteiger partial charge is 0.407 e. The second kappa shape index (κ2) is 8.36. The first kappa shape index (κ1) is 20.0. The SMILES string of the molecule is CC(C)(C)OC(=O)NCC(C(=O)NCC#N)c1cn(C=O)c2ccccc12. The molecule has 0 bridgehead atoms. The fraction of sp³-hybridized carbons (Fsp3) is 0.368. The Bertz CT molecular complexity index is 889. The number of nitriles is 1. The summed E-state index contributed by atoms with van der Waals surface area (Å²) in [6.45, 7) is 5.01. The van der Waals surface area contributed by atoms with Crippen LogP contribution in [-0.2, 0) is 14.3 Å². The van der Waals surface area contributed by atoms with Crippen LogP contribution in [0.3, 0.4) is 0 Å². The van der Waals surface area contributed by atoms with E-state index >= 15 is 0 Å². The van der Waals surface area contributed by atoms with E-state index in [-0.39, 0.29) is 13.1 Å². The van der Waals surface area contributed by atoms with Crippen LogP contribution in [0.1, 0.15) is 32.3 Å². The number of hydrogen-bond donors (Lipinski definition) is 2. The Morgan fingerprint density at radius 3 is 2.63 bits per heavy atom. The largest absolute Gasteiger partial charge is 0.444 e. The molecule has 0 aliphatic carbocycles. The van der Waals surface area contributed by atoms with Gasteiger partial charge in [-0.3, -0.25) is 14.2 Å². The number of hydrogen-bond acceptors (Lipinski definition) is 5. The zero-order chi connectivity index (χ0) is 20.0. The number of ether oxygens (including phenoxy) is 1. The summed E-state index contributed by atoms with van der Waals surface area (Å²) in [5.41, 5.74) is 0.554. The minimum atomic E-state index is -0.794. The first-order valence-electron chi connectivity index (χ1n) is 8.43. The lowest BCUT2D eigenvalue weighted by atomic mass is 9.97. The first-order valence-corrected chi connectivity index (χ1v) is 8.43. The maximum atomic E-state index is 12.6. The van der Waals surface area contributed by atoms with E-state index in [0.29, 0.717) is 22.9 Å². The van der Waals surface area contributed by atoms with Crippen molar-refractivity contribution in [3.63, 3.8) is 0 Å². The number of nitrogens with one attached hydrogen (secondary N) is 2. The van der Waals surface area contributed by atoms with E-state index in [4.69, 9.17) is 10.00 Å². The molecule has 0 aliphatic rings. The van der Waals surface area contributed by atoms with Crippen molar-refractivity contribution in [1.29, 1.82) is 5.26 Å². The van der Waals surface area contributed by atoms with Crippen LogP contribution < -0.4 is 10.6 Å². The molecule has 2 amide bonds. The Balaban J connectivity index is 2.33. The lowest BCUT2D eigenvalue weighted by molar-refractivity contribution is -0.122. The van der Waals surface area contributed by atoms with Crippen LogP contribution in [0.25, 0.3) is 10.9 Å². The molecule has 2 N–H and O–H groups in total. The Hall–Kier alpha value is -3.34. The number of aromatic nitrogens is 1. The van der Waals surface area contributed by atoms with Crippen LogP contribution >= 0.6 is 0 Å². The predicted molar refractivity (Wildman–Crippen MR) is 99.7 cm³/mol. The maximum Gasteiger partial charge on any atom is 0.407 e. The number of carbonyl (C=O) groups excluding carboxylic acids is 3. The van der Waals surface area contributed by atoms with Crippen molar-refractivity contribution in [3.8, 4) is 6.07 Å². The summed E-state index contributed by atoms with van der Waals surface area (Å²) in [5, 5.41) is 14.5. The van der Waals surface area contributed by atoms with Gasteiger partial charge in [0.25, 0.3) is 0 Å². The van der Waals surface area contributed by atoms with Gasteiger partial charge in [0.1, 0.15) is 12.1 Å². The van der Waals surface area contributed by atoms with Crippen LogP contribution in [0.15, 0.2) is 30.5 Å². The van der Waals surface area contributed by atoms with Gasteiger partial charge in [0.2, 0.25) is 12.3 Å². The Morgan fingerprint density at radius 2 is 2.00 bits per heavy atom. The molecule has 1 unspecified atom stereocenters. The zero-order valence-electron chi connectivity index (χ0n) is 15.5. The molecule has 0 aliphatic heterocycles. The number of fused-ring (bicyclic) bond motifs is 1. The third-order valence-electron chi connectivity index (χ3n) is 3.77. The summed E-state index contributed by atoms with van der Waals surface area (Å²) < 4.78 is 6.58. The summed E-state index contributed by atoms with van der Waals surface area (Å²) in [6.07, 6.45) is 1.56. The molecule has 142 valence electrons. The number of carbonyl (C=O) groups is 3. The highest BCUT2D eigenvalue weighted by Gasteiger charge is 2.26. The quantitative estimate of drug-likeness (QED) is 0.596. The van der Waals surface area contributed by atoms with Crippen molar-refractivity contribution in [2.75, 3.05) is 13.1 Å². The van der Waals surface area contributed by atoms with Gasteiger partial charge in [0, 0.05) is 18.1 Å². The van der Waals surface area contributed by atoms with Gasteiger partial charge in [-0.1, -0.05) is 18.2 Å². The van der Waals surface area contributed by atoms with E-state index in [0.717, 1.165) is 0 Å². The van der Waals surface area contributed by atoms with Crippen molar-refractivity contribution in [2.45, 2.75) is 32.3 Å². The van der Waals surface area contributed by atoms with Crippen molar-refractivity contribution >= 4 is 29.3 Å². The van der Waals surface area contributed by atoms with Crippen LogP contribution in [0.5, 0.6) is 0 Å². The van der Waals surface area contributed by atoms with E-state index in [1.54, 1.807) is 51.2 Å². The molecule has 0 fully saturated rings. The number of rotatable bonds is 6. The molecule has 2 rings (SSSR count). The molecule has 27 heavy (non-hydrogen) atoms. The maximum absolute atomic E-state index is 12.6. The standard InChI is InChI=1S/C19H22N4O4/c1-19(2,3)27-18(26)22-10-14(17(25)21-9-8-20)15-11-23(12-24)16-7-5-4-6-13(15)16/h4-7,11-12,14H,9-10H2,1-3H3,(H,21,25)(H,22,26). The molecule has 2 aromatic rings. The lowest BCUT2D eigenvalue weighted by Gasteiger charge is -2.21. The highest BCUT2D eigenvalue weighted by atomic mass is 16.6. The Morgan fingerprint density at radius 1 is 1.30 bits per heavy atom. The summed E-state index contributed by atoms with van der Waals surface area (Å²) >= 11 is 0. The van der Waals surface area contributed by atoms with Crippen LogP contribution in [-0.4, -0.2) is 41.7 Å². The van der Waals surface area contributed by atoms with Gasteiger partial charge in [-0.2, -0.15) is 5.26 Å². The van der Waals surface area contributed by atoms with Gasteiger partial charge in [0.05, 0.1) is 17.5 Å². The lowest BCUT2D eigenvalue weighted by Crippen LogP contribution is -2.39. The normalized spacial score (nSPS) is 12.1. The monoisotopic (exact) mass is 370 g/mol. The third-order valence-corrected chi connectivity index (χ3v) is 3.77. The summed E-state index contributed by atoms with van der Waals surface area (Å²) in [5.74, 6) is -1.22. The van der Waals surface area contributed by atoms with E-state index in [1.165, 1.54) is 4.57 Å². The van der Waals surface area contributed by atoms with Crippen molar-refractivity contribution in [2.24, 2.45) is 0 Å². The number of benzene rings is 1. The molecular weight excluding hydrogens is 348 g/mol. The average molecular weight is 370 g/mol. The first-order chi connectivity index (χ1) is 12.8. The van der Waals surface area contributed by atoms with Gasteiger partial charge in [-0.05, 0) is 32.4 Å². The molecule has 1 heterocycles. The summed E-state index contributed by atoms with van der Waals surface area (Å²) in [6, 6.07) is 8.99. The van der Waals surface area contributed by atoms with Gasteiger partial charge < -0.3 is 15.4 Å². The van der Waals surface area contributed by atoms with E-state index in [2.05, 4.69) is 10.6 Å². The second-order valence-corrected chi connectivity index (χ2v) is 6.93. The minimum Gasteiger partial charge on any atom is -0.444 e. The molecule has 0 radical (unpaired) electrons. The molecule has 0 spiro atoms. The Kier molecular flexibility index (Phi) is 6.19. The molecule has 1 aromatic heterocycles. The molecule has 8 heteroatoms. The molecule has 1 atom stereocenters. The number of para-hydroxylation sites is 1. The Labute approximate surface area is 157 Å². The van der Waals surface area contributed by atoms with Gasteiger partial charge >= 0.3 is 6.09 Å². The van der Waals surface area contributed by atoms with E-state index in [1.807, 2.05) is 6.07 Å². The molecule has 0 saturated heterocycles. The second-order valence-electron chi connectivity index (χ2n) is 6.93. The van der Waals surface area contributed by atoms with Crippen LogP contribution in [0.2, 0.25) is 0 Å². The van der Waals surface area contributed by atoms with E-state index in [9.17, 15) is 14.4 Å². The van der Waals surface area contributed by atoms with Crippen LogP contribution in [0.4, 0.5) is 4.79 Å². The average Bonchev–Trinajstić information content (AvgIpc) is 2.97. The number of alkyl carbamates (subject to hydrolysis) is 1. The highest BCUT2D eigenvalue weighted by Crippen LogP contribution is 2.27. The predicted octanol–water partition coefficient (Wildman–Crippen LogP) is 1.93. The van der Waals surface area contributed by atoms with Crippen LogP contribution in [0, 0.1) is 11.3 Å². The fourth-order valence-corrected chi connectivity index (χ4v) is 2.69. The molecular formula is C19H22N4O4. The zero-order valence-corrected chi connectivity index (χ0v) is 15.5. The molecule has 0 saturated carbocycles. The number of amides is 2. The molecule has 8 nitrogen and oxygen atoms in total. The van der Waals surface area contributed by atoms with Gasteiger partial charge in [0.15, 0.2) is 0 Å². The highest BCUT2D eigenvalue weighted by molar-refractivity contribution is 5.95. The fourth-order valence-electron chi connectivity index (χ4n) is 2.69. The van der Waals surface area contributed by atoms with Gasteiger partial charge in [-0.15, -0.1) is 0 Å². The summed E-state index contributed by atoms with van der Waals surface area (Å²) in [4.78, 5) is 35.9. The molecule has 1 aromatic carbocycles. The van der Waals surface area contributed by atoms with E-state index < -0.39 is 23.5 Å². The topological polar surface area (TPSA) is 113 Å². The summed E-state index contributed by atoms with van der Waals surface area (Å²) in [7, 11) is 0. The third kappa shape index (κ3) is 5.07. The van der Waals surface area contributed by atoms with Gasteiger partial charge in [-0.25, -0.2) is 4.79 Å². The minimum absolute atomic E-state index is 0.0426. The van der Waals surface area contributed by atoms with Crippen molar-refractivity contribution in [1.82, 2.24) is 15.2 Å². The number of nitrogens with zero attached hydrogens (tertiary/aromatic N) is 2.